The monoisotopic (exact) mass is 518 g/mol. The van der Waals surface area contributed by atoms with Gasteiger partial charge in [-0.3, -0.25) is 9.59 Å². The maximum atomic E-state index is 13.4. The molecule has 0 saturated carbocycles. The molecule has 1 N–H and O–H groups in total. The number of hydrogen-bond acceptors (Lipinski definition) is 5. The van der Waals surface area contributed by atoms with E-state index in [0.717, 1.165) is 23.9 Å². The number of alkyl halides is 3. The highest BCUT2D eigenvalue weighted by Crippen LogP contribution is 2.41. The van der Waals surface area contributed by atoms with E-state index in [0.29, 0.717) is 33.9 Å². The second-order valence-electron chi connectivity index (χ2n) is 7.31. The number of thioether (sulfide) groups is 1. The van der Waals surface area contributed by atoms with Crippen molar-refractivity contribution in [2.45, 2.75) is 18.0 Å². The Bertz CT molecular complexity index is 1300. The molecule has 1 aliphatic heterocycles. The van der Waals surface area contributed by atoms with Gasteiger partial charge in [-0.25, -0.2) is 4.90 Å². The van der Waals surface area contributed by atoms with Crippen LogP contribution >= 0.6 is 23.4 Å². The molecule has 3 aromatic rings. The van der Waals surface area contributed by atoms with Crippen molar-refractivity contribution in [3.8, 4) is 5.75 Å². The van der Waals surface area contributed by atoms with Gasteiger partial charge in [0.05, 0.1) is 22.9 Å². The van der Waals surface area contributed by atoms with E-state index in [-0.39, 0.29) is 21.3 Å². The predicted molar refractivity (Wildman–Crippen MR) is 130 cm³/mol. The quantitative estimate of drug-likeness (QED) is 0.351. The summed E-state index contributed by atoms with van der Waals surface area (Å²) in [5.41, 5.74) is -0.942. The fourth-order valence-corrected chi connectivity index (χ4v) is 4.50. The fourth-order valence-electron chi connectivity index (χ4n) is 3.35. The Labute approximate surface area is 208 Å². The summed E-state index contributed by atoms with van der Waals surface area (Å²) in [6.07, 6.45) is -4.68. The number of hydrogen-bond donors (Lipinski definition) is 1. The van der Waals surface area contributed by atoms with Gasteiger partial charge in [-0.1, -0.05) is 41.6 Å². The maximum Gasteiger partial charge on any atom is 0.416 e. The summed E-state index contributed by atoms with van der Waals surface area (Å²) < 4.78 is 45.4. The van der Waals surface area contributed by atoms with Crippen LogP contribution in [0, 0.1) is 0 Å². The molecule has 2 amide bonds. The Morgan fingerprint density at radius 1 is 0.971 bits per heavy atom. The van der Waals surface area contributed by atoms with Crippen molar-refractivity contribution in [3.05, 3.63) is 94.0 Å². The molecular formula is C25H18ClF3N2O3S. The average molecular weight is 519 g/mol. The van der Waals surface area contributed by atoms with Crippen molar-refractivity contribution in [1.82, 2.24) is 0 Å². The number of nitrogens with zero attached hydrogens (tertiary/aromatic N) is 1. The van der Waals surface area contributed by atoms with E-state index in [1.165, 1.54) is 0 Å². The zero-order chi connectivity index (χ0) is 25.2. The number of carbonyl (C=O) groups excluding carboxylic acids is 2. The molecule has 1 heterocycles. The van der Waals surface area contributed by atoms with Crippen LogP contribution in [0.25, 0.3) is 0 Å². The van der Waals surface area contributed by atoms with Gasteiger partial charge in [0.25, 0.3) is 11.8 Å². The molecule has 10 heteroatoms. The Kier molecular flexibility index (Phi) is 7.09. The average Bonchev–Trinajstić information content (AvgIpc) is 3.05. The standard InChI is InChI=1S/C25H18ClF3N2O3S/c1-2-34-17-11-9-16(10-12-17)30-21-22(35-18-6-4-3-5-7-18)24(33)31(23(21)32)20-14-15(25(27,28)29)8-13-19(20)26/h3-14,30H,2H2,1H3. The molecule has 0 aliphatic carbocycles. The molecule has 0 aromatic heterocycles. The van der Waals surface area contributed by atoms with Crippen molar-refractivity contribution >= 4 is 46.6 Å². The first kappa shape index (κ1) is 24.7. The summed E-state index contributed by atoms with van der Waals surface area (Å²) in [6, 6.07) is 18.1. The van der Waals surface area contributed by atoms with Crippen LogP contribution in [0.15, 0.2) is 88.3 Å². The van der Waals surface area contributed by atoms with Gasteiger partial charge < -0.3 is 10.1 Å². The van der Waals surface area contributed by atoms with Crippen molar-refractivity contribution < 1.29 is 27.5 Å². The normalized spacial score (nSPS) is 14.0. The summed E-state index contributed by atoms with van der Waals surface area (Å²) in [4.78, 5) is 28.2. The number of amides is 2. The molecule has 0 atom stereocenters. The zero-order valence-corrected chi connectivity index (χ0v) is 19.8. The van der Waals surface area contributed by atoms with E-state index >= 15 is 0 Å². The number of benzene rings is 3. The summed E-state index contributed by atoms with van der Waals surface area (Å²) in [7, 11) is 0. The lowest BCUT2D eigenvalue weighted by molar-refractivity contribution is -0.137. The lowest BCUT2D eigenvalue weighted by Gasteiger charge is -2.18. The Hall–Kier alpha value is -3.43. The van der Waals surface area contributed by atoms with Crippen molar-refractivity contribution in [1.29, 1.82) is 0 Å². The second-order valence-corrected chi connectivity index (χ2v) is 8.80. The molecule has 0 bridgehead atoms. The van der Waals surface area contributed by atoms with Crippen LogP contribution in [-0.4, -0.2) is 18.4 Å². The SMILES string of the molecule is CCOc1ccc(NC2=C(Sc3ccccc3)C(=O)N(c3cc(C(F)(F)F)ccc3Cl)C2=O)cc1. The number of ether oxygens (including phenoxy) is 1. The summed E-state index contributed by atoms with van der Waals surface area (Å²) in [5.74, 6) is -0.973. The molecule has 0 spiro atoms. The molecule has 0 unspecified atom stereocenters. The van der Waals surface area contributed by atoms with Gasteiger partial charge in [-0.15, -0.1) is 0 Å². The van der Waals surface area contributed by atoms with Crippen LogP contribution in [-0.2, 0) is 15.8 Å². The largest absolute Gasteiger partial charge is 0.494 e. The number of nitrogens with one attached hydrogen (secondary N) is 1. The van der Waals surface area contributed by atoms with Crippen LogP contribution in [0.2, 0.25) is 5.02 Å². The minimum atomic E-state index is -4.68. The molecule has 180 valence electrons. The first-order valence-electron chi connectivity index (χ1n) is 10.4. The molecule has 3 aromatic carbocycles. The number of imide groups is 1. The van der Waals surface area contributed by atoms with Gasteiger partial charge >= 0.3 is 6.18 Å². The fraction of sp³-hybridized carbons (Fsp3) is 0.120. The molecule has 0 fully saturated rings. The van der Waals surface area contributed by atoms with Crippen LogP contribution in [0.1, 0.15) is 12.5 Å². The van der Waals surface area contributed by atoms with Crippen LogP contribution in [0.5, 0.6) is 5.75 Å². The maximum absolute atomic E-state index is 13.4. The smallest absolute Gasteiger partial charge is 0.416 e. The molecule has 4 rings (SSSR count). The van der Waals surface area contributed by atoms with Crippen LogP contribution < -0.4 is 15.0 Å². The van der Waals surface area contributed by atoms with Crippen LogP contribution in [0.3, 0.4) is 0 Å². The summed E-state index contributed by atoms with van der Waals surface area (Å²) in [5, 5.41) is 2.79. The van der Waals surface area contributed by atoms with Gasteiger partial charge in [0, 0.05) is 10.6 Å². The Morgan fingerprint density at radius 2 is 1.66 bits per heavy atom. The van der Waals surface area contributed by atoms with Gasteiger partial charge in [0.2, 0.25) is 0 Å². The van der Waals surface area contributed by atoms with E-state index in [1.54, 1.807) is 54.6 Å². The Balaban J connectivity index is 1.75. The highest BCUT2D eigenvalue weighted by Gasteiger charge is 2.42. The third-order valence-corrected chi connectivity index (χ3v) is 6.36. The number of carbonyl (C=O) groups is 2. The van der Waals surface area contributed by atoms with Gasteiger partial charge in [-0.05, 0) is 61.5 Å². The minimum absolute atomic E-state index is 0.0311. The van der Waals surface area contributed by atoms with Crippen molar-refractivity contribution in [3.63, 3.8) is 0 Å². The van der Waals surface area contributed by atoms with E-state index in [2.05, 4.69) is 5.32 Å². The van der Waals surface area contributed by atoms with Crippen molar-refractivity contribution in [2.24, 2.45) is 0 Å². The van der Waals surface area contributed by atoms with Gasteiger partial charge in [0.1, 0.15) is 16.4 Å². The molecule has 35 heavy (non-hydrogen) atoms. The highest BCUT2D eigenvalue weighted by atomic mass is 35.5. The molecule has 5 nitrogen and oxygen atoms in total. The molecule has 0 saturated heterocycles. The van der Waals surface area contributed by atoms with E-state index < -0.39 is 23.6 Å². The molecule has 1 aliphatic rings. The van der Waals surface area contributed by atoms with Gasteiger partial charge in [0.15, 0.2) is 0 Å². The summed E-state index contributed by atoms with van der Waals surface area (Å²) in [6.45, 7) is 2.33. The first-order chi connectivity index (χ1) is 16.7. The third-order valence-electron chi connectivity index (χ3n) is 4.95. The zero-order valence-electron chi connectivity index (χ0n) is 18.2. The minimum Gasteiger partial charge on any atom is -0.494 e. The van der Waals surface area contributed by atoms with E-state index in [4.69, 9.17) is 16.3 Å². The summed E-state index contributed by atoms with van der Waals surface area (Å²) >= 11 is 7.18. The predicted octanol–water partition coefficient (Wildman–Crippen LogP) is 6.75. The van der Waals surface area contributed by atoms with Crippen molar-refractivity contribution in [2.75, 3.05) is 16.8 Å². The highest BCUT2D eigenvalue weighted by molar-refractivity contribution is 8.04. The lowest BCUT2D eigenvalue weighted by atomic mass is 10.2. The first-order valence-corrected chi connectivity index (χ1v) is 11.6. The van der Waals surface area contributed by atoms with E-state index in [9.17, 15) is 22.8 Å². The molecule has 0 radical (unpaired) electrons. The number of anilines is 2. The molecular weight excluding hydrogens is 501 g/mol. The third kappa shape index (κ3) is 5.31. The van der Waals surface area contributed by atoms with Gasteiger partial charge in [-0.2, -0.15) is 13.2 Å². The number of halogens is 4. The Morgan fingerprint density at radius 3 is 2.29 bits per heavy atom. The second kappa shape index (κ2) is 10.1. The lowest BCUT2D eigenvalue weighted by Crippen LogP contribution is -2.33. The van der Waals surface area contributed by atoms with Crippen LogP contribution in [0.4, 0.5) is 24.5 Å². The topological polar surface area (TPSA) is 58.6 Å². The number of rotatable bonds is 7. The van der Waals surface area contributed by atoms with E-state index in [1.807, 2.05) is 6.92 Å².